The summed E-state index contributed by atoms with van der Waals surface area (Å²) in [5.74, 6) is -1.44. The summed E-state index contributed by atoms with van der Waals surface area (Å²) in [5, 5.41) is 2.58. The third-order valence-electron chi connectivity index (χ3n) is 4.51. The van der Waals surface area contributed by atoms with Crippen LogP contribution in [0.1, 0.15) is 56.3 Å². The van der Waals surface area contributed by atoms with Crippen molar-refractivity contribution in [2.75, 3.05) is 0 Å². The van der Waals surface area contributed by atoms with E-state index < -0.39 is 22.0 Å². The maximum atomic E-state index is 12.4. The van der Waals surface area contributed by atoms with Crippen LogP contribution in [0.3, 0.4) is 0 Å². The first-order valence-corrected chi connectivity index (χ1v) is 10.2. The van der Waals surface area contributed by atoms with Gasteiger partial charge in [0.1, 0.15) is 6.04 Å². The van der Waals surface area contributed by atoms with Gasteiger partial charge in [-0.05, 0) is 38.8 Å². The van der Waals surface area contributed by atoms with Crippen LogP contribution in [0.2, 0.25) is 0 Å². The lowest BCUT2D eigenvalue weighted by molar-refractivity contribution is -0.130. The molecule has 0 bridgehead atoms. The van der Waals surface area contributed by atoms with E-state index in [1.807, 2.05) is 4.72 Å². The summed E-state index contributed by atoms with van der Waals surface area (Å²) in [7, 11) is -4.12. The lowest BCUT2D eigenvalue weighted by atomic mass is 9.88. The highest BCUT2D eigenvalue weighted by atomic mass is 32.2. The molecule has 1 aliphatic carbocycles. The van der Waals surface area contributed by atoms with E-state index in [1.54, 1.807) is 0 Å². The smallest absolute Gasteiger partial charge is 0.264 e. The molecule has 2 rings (SSSR count). The standard InChI is InChI=1S/C18H24N2O5S/c1-12(19-18(23)14-7-4-3-5-8-14)17(22)20-26(24,25)16-10-6-9-15(11-16)13(2)21/h6,9-12,14H,3-5,7-8H2,1-2H3,(H,19,23)(H,20,22). The van der Waals surface area contributed by atoms with Crippen molar-refractivity contribution in [3.8, 4) is 0 Å². The quantitative estimate of drug-likeness (QED) is 0.731. The third-order valence-corrected chi connectivity index (χ3v) is 5.86. The Hall–Kier alpha value is -2.22. The number of carbonyl (C=O) groups is 3. The number of ketones is 1. The van der Waals surface area contributed by atoms with Crippen LogP contribution in [-0.4, -0.2) is 32.1 Å². The van der Waals surface area contributed by atoms with Crippen LogP contribution in [-0.2, 0) is 19.6 Å². The van der Waals surface area contributed by atoms with Gasteiger partial charge >= 0.3 is 0 Å². The van der Waals surface area contributed by atoms with Gasteiger partial charge in [-0.2, -0.15) is 0 Å². The Morgan fingerprint density at radius 1 is 1.12 bits per heavy atom. The van der Waals surface area contributed by atoms with Crippen molar-refractivity contribution in [1.82, 2.24) is 10.0 Å². The highest BCUT2D eigenvalue weighted by molar-refractivity contribution is 7.90. The van der Waals surface area contributed by atoms with E-state index in [0.29, 0.717) is 0 Å². The molecular weight excluding hydrogens is 356 g/mol. The van der Waals surface area contributed by atoms with Crippen molar-refractivity contribution in [3.63, 3.8) is 0 Å². The van der Waals surface area contributed by atoms with Crippen molar-refractivity contribution in [1.29, 1.82) is 0 Å². The molecule has 0 heterocycles. The third kappa shape index (κ3) is 5.14. The SMILES string of the molecule is CC(=O)c1cccc(S(=O)(=O)NC(=O)C(C)NC(=O)C2CCCCC2)c1. The van der Waals surface area contributed by atoms with Gasteiger partial charge in [-0.15, -0.1) is 0 Å². The van der Waals surface area contributed by atoms with Gasteiger partial charge in [-0.25, -0.2) is 13.1 Å². The van der Waals surface area contributed by atoms with E-state index in [1.165, 1.54) is 38.1 Å². The maximum absolute atomic E-state index is 12.4. The molecular formula is C18H24N2O5S. The van der Waals surface area contributed by atoms with Gasteiger partial charge in [-0.3, -0.25) is 14.4 Å². The lowest BCUT2D eigenvalue weighted by Crippen LogP contribution is -2.48. The molecule has 0 spiro atoms. The molecule has 1 saturated carbocycles. The van der Waals surface area contributed by atoms with E-state index in [4.69, 9.17) is 0 Å². The van der Waals surface area contributed by atoms with Gasteiger partial charge in [-0.1, -0.05) is 31.4 Å². The fraction of sp³-hybridized carbons (Fsp3) is 0.500. The summed E-state index contributed by atoms with van der Waals surface area (Å²) in [4.78, 5) is 35.6. The minimum absolute atomic E-state index is 0.122. The van der Waals surface area contributed by atoms with Crippen LogP contribution in [0.15, 0.2) is 29.2 Å². The van der Waals surface area contributed by atoms with Crippen molar-refractivity contribution in [2.45, 2.75) is 56.9 Å². The molecule has 1 aliphatic rings. The first kappa shape index (κ1) is 20.1. The van der Waals surface area contributed by atoms with Crippen LogP contribution in [0.4, 0.5) is 0 Å². The number of hydrogen-bond acceptors (Lipinski definition) is 5. The normalized spacial score (nSPS) is 16.5. The Morgan fingerprint density at radius 2 is 1.77 bits per heavy atom. The zero-order valence-corrected chi connectivity index (χ0v) is 15.8. The maximum Gasteiger partial charge on any atom is 0.264 e. The topological polar surface area (TPSA) is 109 Å². The van der Waals surface area contributed by atoms with Gasteiger partial charge in [0, 0.05) is 11.5 Å². The molecule has 0 radical (unpaired) electrons. The Bertz CT molecular complexity index is 798. The molecule has 2 amide bonds. The monoisotopic (exact) mass is 380 g/mol. The number of Topliss-reactive ketones (excluding diaryl/α,β-unsaturated/α-hetero) is 1. The van der Waals surface area contributed by atoms with Crippen LogP contribution in [0.25, 0.3) is 0 Å². The van der Waals surface area contributed by atoms with E-state index >= 15 is 0 Å². The predicted octanol–water partition coefficient (Wildman–Crippen LogP) is 1.78. The van der Waals surface area contributed by atoms with E-state index in [2.05, 4.69) is 5.32 Å². The number of benzene rings is 1. The van der Waals surface area contributed by atoms with Gasteiger partial charge in [0.15, 0.2) is 5.78 Å². The molecule has 1 aromatic rings. The molecule has 142 valence electrons. The Labute approximate surface area is 153 Å². The van der Waals surface area contributed by atoms with Gasteiger partial charge in [0.2, 0.25) is 5.91 Å². The van der Waals surface area contributed by atoms with E-state index in [-0.39, 0.29) is 28.1 Å². The molecule has 7 nitrogen and oxygen atoms in total. The van der Waals surface area contributed by atoms with Crippen LogP contribution >= 0.6 is 0 Å². The number of rotatable bonds is 6. The number of carbonyl (C=O) groups excluding carboxylic acids is 3. The largest absolute Gasteiger partial charge is 0.344 e. The minimum Gasteiger partial charge on any atom is -0.344 e. The van der Waals surface area contributed by atoms with Crippen LogP contribution < -0.4 is 10.0 Å². The molecule has 0 aromatic heterocycles. The van der Waals surface area contributed by atoms with Crippen molar-refractivity contribution < 1.29 is 22.8 Å². The molecule has 1 fully saturated rings. The first-order valence-electron chi connectivity index (χ1n) is 8.69. The Kier molecular flexibility index (Phi) is 6.52. The molecule has 1 unspecified atom stereocenters. The molecule has 1 atom stereocenters. The highest BCUT2D eigenvalue weighted by Crippen LogP contribution is 2.23. The summed E-state index contributed by atoms with van der Waals surface area (Å²) >= 11 is 0. The Morgan fingerprint density at radius 3 is 2.38 bits per heavy atom. The summed E-state index contributed by atoms with van der Waals surface area (Å²) < 4.78 is 26.7. The van der Waals surface area contributed by atoms with E-state index in [0.717, 1.165) is 32.1 Å². The average molecular weight is 380 g/mol. The fourth-order valence-corrected chi connectivity index (χ4v) is 4.02. The second-order valence-corrected chi connectivity index (χ2v) is 8.30. The van der Waals surface area contributed by atoms with Gasteiger partial charge in [0.25, 0.3) is 15.9 Å². The van der Waals surface area contributed by atoms with Gasteiger partial charge in [0.05, 0.1) is 4.90 Å². The summed E-state index contributed by atoms with van der Waals surface area (Å²) in [6, 6.07) is 4.46. The lowest BCUT2D eigenvalue weighted by Gasteiger charge is -2.22. The molecule has 26 heavy (non-hydrogen) atoms. The number of hydrogen-bond donors (Lipinski definition) is 2. The van der Waals surface area contributed by atoms with Crippen molar-refractivity contribution in [2.24, 2.45) is 5.92 Å². The second-order valence-electron chi connectivity index (χ2n) is 6.62. The molecule has 8 heteroatoms. The molecule has 1 aromatic carbocycles. The van der Waals surface area contributed by atoms with E-state index in [9.17, 15) is 22.8 Å². The minimum atomic E-state index is -4.12. The van der Waals surface area contributed by atoms with Crippen molar-refractivity contribution >= 4 is 27.6 Å². The first-order chi connectivity index (χ1) is 12.2. The van der Waals surface area contributed by atoms with Crippen LogP contribution in [0.5, 0.6) is 0 Å². The predicted molar refractivity (Wildman–Crippen MR) is 96.0 cm³/mol. The number of nitrogens with one attached hydrogen (secondary N) is 2. The van der Waals surface area contributed by atoms with Gasteiger partial charge < -0.3 is 5.32 Å². The second kappa shape index (κ2) is 8.44. The van der Waals surface area contributed by atoms with Crippen molar-refractivity contribution in [3.05, 3.63) is 29.8 Å². The summed E-state index contributed by atoms with van der Waals surface area (Å²) in [6.45, 7) is 2.77. The molecule has 0 aliphatic heterocycles. The summed E-state index contributed by atoms with van der Waals surface area (Å²) in [6.07, 6.45) is 4.66. The zero-order chi connectivity index (χ0) is 19.3. The molecule has 2 N–H and O–H groups in total. The Balaban J connectivity index is 2.01. The number of sulfonamides is 1. The molecule has 0 saturated heterocycles. The number of amides is 2. The average Bonchev–Trinajstić information content (AvgIpc) is 2.62. The van der Waals surface area contributed by atoms with Crippen LogP contribution in [0, 0.1) is 5.92 Å². The zero-order valence-electron chi connectivity index (χ0n) is 14.9. The fourth-order valence-electron chi connectivity index (χ4n) is 2.92. The summed E-state index contributed by atoms with van der Waals surface area (Å²) in [5.41, 5.74) is 0.235. The highest BCUT2D eigenvalue weighted by Gasteiger charge is 2.27.